The second-order valence-corrected chi connectivity index (χ2v) is 13.3. The summed E-state index contributed by atoms with van der Waals surface area (Å²) in [6.07, 6.45) is 2.71. The number of likely N-dealkylation sites (tertiary alicyclic amines) is 1. The number of aromatic nitrogens is 2. The smallest absolute Gasteiger partial charge is 0.262 e. The molecule has 14 heteroatoms. The average Bonchev–Trinajstić information content (AvgIpc) is 3.38. The molecule has 0 amide bonds. The maximum Gasteiger partial charge on any atom is 0.262 e. The fraction of sp³-hybridized carbons (Fsp3) is 0.355. The predicted octanol–water partition coefficient (Wildman–Crippen LogP) is 5.67. The quantitative estimate of drug-likeness (QED) is 0.210. The fourth-order valence-electron chi connectivity index (χ4n) is 5.99. The van der Waals surface area contributed by atoms with E-state index in [1.54, 1.807) is 7.11 Å². The Balaban J connectivity index is 1.26. The number of halogens is 4. The van der Waals surface area contributed by atoms with Crippen LogP contribution in [0.5, 0.6) is 0 Å². The van der Waals surface area contributed by atoms with E-state index in [9.17, 15) is 13.5 Å². The number of benzene rings is 3. The Morgan fingerprint density at radius 2 is 1.87 bits per heavy atom. The maximum atomic E-state index is 15.8. The van der Waals surface area contributed by atoms with Crippen molar-refractivity contribution in [1.29, 1.82) is 0 Å². The van der Waals surface area contributed by atoms with E-state index < -0.39 is 50.4 Å². The minimum Gasteiger partial charge on any atom is -0.388 e. The number of nitrogens with zero attached hydrogens (tertiary/aromatic N) is 3. The van der Waals surface area contributed by atoms with Gasteiger partial charge in [0.05, 0.1) is 39.8 Å². The largest absolute Gasteiger partial charge is 0.388 e. The maximum absolute atomic E-state index is 15.8. The number of fused-ring (bicyclic) bond motifs is 2. The van der Waals surface area contributed by atoms with E-state index in [4.69, 9.17) is 16.3 Å². The monoisotopic (exact) mass is 661 g/mol. The standard InChI is InChI=1S/C31H31ClF3N5O4S/c1-44-13-12-40-10-8-18(9-11-40)37-31-36-16-22-24(38-31)5-2-20(29(22)34)28-23(33)4-6-25(30(28)35)39-45(42,43)27-15-17(32)14-21-19(27)3-7-26(21)41/h2,4-6,14-16,18,26,39,41H,3,7-13H2,1H3,(H,36,37,38). The van der Waals surface area contributed by atoms with Gasteiger partial charge in [0.25, 0.3) is 10.0 Å². The number of anilines is 2. The van der Waals surface area contributed by atoms with Crippen LogP contribution in [-0.4, -0.2) is 67.8 Å². The van der Waals surface area contributed by atoms with E-state index >= 15 is 13.2 Å². The lowest BCUT2D eigenvalue weighted by Gasteiger charge is -2.32. The number of piperidine rings is 1. The molecule has 1 saturated heterocycles. The first-order valence-electron chi connectivity index (χ1n) is 14.5. The Bertz CT molecular complexity index is 1870. The topological polar surface area (TPSA) is 117 Å². The number of hydrogen-bond donors (Lipinski definition) is 3. The summed E-state index contributed by atoms with van der Waals surface area (Å²) in [5.74, 6) is -3.02. The van der Waals surface area contributed by atoms with Gasteiger partial charge in [-0.1, -0.05) is 11.6 Å². The third-order valence-corrected chi connectivity index (χ3v) is 10.0. The number of hydrogen-bond acceptors (Lipinski definition) is 8. The van der Waals surface area contributed by atoms with E-state index in [1.807, 2.05) is 0 Å². The Hall–Kier alpha value is -3.49. The Kier molecular flexibility index (Phi) is 8.90. The molecular formula is C31H31ClF3N5O4S. The molecule has 9 nitrogen and oxygen atoms in total. The van der Waals surface area contributed by atoms with Gasteiger partial charge < -0.3 is 20.1 Å². The number of methoxy groups -OCH3 is 1. The van der Waals surface area contributed by atoms with Crippen LogP contribution < -0.4 is 10.0 Å². The molecule has 3 N–H and O–H groups in total. The molecule has 3 aromatic carbocycles. The molecule has 45 heavy (non-hydrogen) atoms. The van der Waals surface area contributed by atoms with E-state index in [1.165, 1.54) is 30.5 Å². The highest BCUT2D eigenvalue weighted by Gasteiger charge is 2.31. The van der Waals surface area contributed by atoms with Crippen LogP contribution in [-0.2, 0) is 21.2 Å². The normalized spacial score (nSPS) is 17.5. The van der Waals surface area contributed by atoms with Gasteiger partial charge in [-0.15, -0.1) is 0 Å². The van der Waals surface area contributed by atoms with Crippen molar-refractivity contribution in [2.24, 2.45) is 0 Å². The molecule has 2 aliphatic rings. The summed E-state index contributed by atoms with van der Waals surface area (Å²) in [7, 11) is -2.75. The molecule has 4 aromatic rings. The van der Waals surface area contributed by atoms with Crippen molar-refractivity contribution in [2.45, 2.75) is 42.7 Å². The summed E-state index contributed by atoms with van der Waals surface area (Å²) in [5.41, 5.74) is -0.764. The van der Waals surface area contributed by atoms with Gasteiger partial charge in [0, 0.05) is 49.6 Å². The van der Waals surface area contributed by atoms with Gasteiger partial charge in [-0.2, -0.15) is 0 Å². The molecule has 0 spiro atoms. The summed E-state index contributed by atoms with van der Waals surface area (Å²) in [4.78, 5) is 10.8. The molecule has 0 radical (unpaired) electrons. The summed E-state index contributed by atoms with van der Waals surface area (Å²) < 4.78 is 80.7. The molecule has 1 unspecified atom stereocenters. The lowest BCUT2D eigenvalue weighted by Crippen LogP contribution is -2.40. The zero-order valence-electron chi connectivity index (χ0n) is 24.3. The van der Waals surface area contributed by atoms with Gasteiger partial charge in [0.15, 0.2) is 5.82 Å². The Morgan fingerprint density at radius 3 is 2.62 bits per heavy atom. The van der Waals surface area contributed by atoms with E-state index in [2.05, 4.69) is 24.9 Å². The average molecular weight is 662 g/mol. The van der Waals surface area contributed by atoms with E-state index in [0.29, 0.717) is 30.1 Å². The van der Waals surface area contributed by atoms with E-state index in [-0.39, 0.29) is 33.3 Å². The van der Waals surface area contributed by atoms with Crippen LogP contribution in [0.25, 0.3) is 22.0 Å². The lowest BCUT2D eigenvalue weighted by molar-refractivity contribution is 0.132. The molecular weight excluding hydrogens is 631 g/mol. The lowest BCUT2D eigenvalue weighted by atomic mass is 10.0. The van der Waals surface area contributed by atoms with Crippen LogP contribution in [0.4, 0.5) is 24.8 Å². The Morgan fingerprint density at radius 1 is 1.09 bits per heavy atom. The molecule has 2 heterocycles. The number of aliphatic hydroxyl groups is 1. The third-order valence-electron chi connectivity index (χ3n) is 8.36. The minimum atomic E-state index is -4.43. The van der Waals surface area contributed by atoms with Gasteiger partial charge in [-0.05, 0) is 73.2 Å². The van der Waals surface area contributed by atoms with Crippen molar-refractivity contribution >= 4 is 44.2 Å². The molecule has 0 bridgehead atoms. The van der Waals surface area contributed by atoms with Crippen LogP contribution in [0.15, 0.2) is 47.5 Å². The minimum absolute atomic E-state index is 0.0507. The molecule has 0 saturated carbocycles. The van der Waals surface area contributed by atoms with Gasteiger partial charge in [-0.3, -0.25) is 4.72 Å². The second-order valence-electron chi connectivity index (χ2n) is 11.2. The highest BCUT2D eigenvalue weighted by atomic mass is 35.5. The fourth-order valence-corrected chi connectivity index (χ4v) is 7.66. The summed E-state index contributed by atoms with van der Waals surface area (Å²) >= 11 is 6.12. The van der Waals surface area contributed by atoms with Gasteiger partial charge in [0.1, 0.15) is 11.6 Å². The van der Waals surface area contributed by atoms with Crippen molar-refractivity contribution in [1.82, 2.24) is 14.9 Å². The SMILES string of the molecule is COCCN1CCC(Nc2ncc3c(F)c(-c4c(F)ccc(NS(=O)(=O)c5cc(Cl)cc6c5CCC6O)c4F)ccc3n2)CC1. The molecule has 238 valence electrons. The van der Waals surface area contributed by atoms with Crippen LogP contribution in [0.3, 0.4) is 0 Å². The van der Waals surface area contributed by atoms with Crippen LogP contribution in [0.1, 0.15) is 36.5 Å². The zero-order valence-corrected chi connectivity index (χ0v) is 25.9. The highest BCUT2D eigenvalue weighted by molar-refractivity contribution is 7.92. The predicted molar refractivity (Wildman–Crippen MR) is 165 cm³/mol. The van der Waals surface area contributed by atoms with E-state index in [0.717, 1.165) is 44.6 Å². The van der Waals surface area contributed by atoms with Crippen LogP contribution in [0, 0.1) is 17.5 Å². The molecule has 1 fully saturated rings. The van der Waals surface area contributed by atoms with Crippen LogP contribution >= 0.6 is 11.6 Å². The van der Waals surface area contributed by atoms with Crippen molar-refractivity contribution in [2.75, 3.05) is 43.4 Å². The second kappa shape index (κ2) is 12.7. The molecule has 1 atom stereocenters. The first-order valence-corrected chi connectivity index (χ1v) is 16.4. The van der Waals surface area contributed by atoms with Crippen molar-refractivity contribution in [3.05, 3.63) is 76.2 Å². The number of nitrogens with one attached hydrogen (secondary N) is 2. The van der Waals surface area contributed by atoms with Gasteiger partial charge >= 0.3 is 0 Å². The summed E-state index contributed by atoms with van der Waals surface area (Å²) in [6.45, 7) is 3.32. The Labute approximate surface area is 263 Å². The van der Waals surface area contributed by atoms with Gasteiger partial charge in [0.2, 0.25) is 5.95 Å². The van der Waals surface area contributed by atoms with Crippen LogP contribution in [0.2, 0.25) is 5.02 Å². The first-order chi connectivity index (χ1) is 21.6. The number of ether oxygens (including phenoxy) is 1. The molecule has 1 aromatic heterocycles. The van der Waals surface area contributed by atoms with Crippen molar-refractivity contribution in [3.8, 4) is 11.1 Å². The summed E-state index contributed by atoms with van der Waals surface area (Å²) in [6, 6.07) is 7.25. The third kappa shape index (κ3) is 6.32. The molecule has 1 aliphatic heterocycles. The molecule has 6 rings (SSSR count). The number of sulfonamides is 1. The first kappa shape index (κ1) is 31.5. The van der Waals surface area contributed by atoms with Gasteiger partial charge in [-0.25, -0.2) is 31.6 Å². The number of rotatable bonds is 9. The zero-order chi connectivity index (χ0) is 31.9. The van der Waals surface area contributed by atoms with Crippen molar-refractivity contribution < 1.29 is 31.4 Å². The number of aliphatic hydroxyl groups excluding tert-OH is 1. The highest BCUT2D eigenvalue weighted by Crippen LogP contribution is 2.39. The molecule has 1 aliphatic carbocycles. The van der Waals surface area contributed by atoms with Crippen molar-refractivity contribution in [3.63, 3.8) is 0 Å². The summed E-state index contributed by atoms with van der Waals surface area (Å²) in [5, 5.41) is 13.5.